The van der Waals surface area contributed by atoms with E-state index in [9.17, 15) is 4.79 Å². The molecule has 0 spiro atoms. The lowest BCUT2D eigenvalue weighted by molar-refractivity contribution is 0.0955. The highest BCUT2D eigenvalue weighted by atomic mass is 79.9. The Bertz CT molecular complexity index is 736. The molecule has 0 aliphatic carbocycles. The van der Waals surface area contributed by atoms with Crippen molar-refractivity contribution in [2.75, 3.05) is 13.2 Å². The molecule has 0 aliphatic heterocycles. The van der Waals surface area contributed by atoms with E-state index in [4.69, 9.17) is 9.47 Å². The summed E-state index contributed by atoms with van der Waals surface area (Å²) in [5, 5.41) is 3.99. The Morgan fingerprint density at radius 2 is 2.04 bits per heavy atom. The van der Waals surface area contributed by atoms with E-state index in [0.717, 1.165) is 16.5 Å². The van der Waals surface area contributed by atoms with E-state index in [0.29, 0.717) is 30.3 Å². The molecule has 0 aliphatic rings. The molecule has 0 fully saturated rings. The molecule has 2 aromatic rings. The lowest BCUT2D eigenvalue weighted by Crippen LogP contribution is -2.17. The van der Waals surface area contributed by atoms with Crippen molar-refractivity contribution in [3.8, 4) is 11.5 Å². The smallest absolute Gasteiger partial charge is 0.271 e. The number of ether oxygens (including phenoxy) is 2. The number of hydrogen-bond acceptors (Lipinski definition) is 5. The van der Waals surface area contributed by atoms with Crippen LogP contribution < -0.4 is 14.9 Å². The van der Waals surface area contributed by atoms with Crippen LogP contribution in [0.2, 0.25) is 0 Å². The summed E-state index contributed by atoms with van der Waals surface area (Å²) in [5.74, 6) is 1.000. The van der Waals surface area contributed by atoms with Gasteiger partial charge in [0.1, 0.15) is 0 Å². The van der Waals surface area contributed by atoms with Gasteiger partial charge in [-0.25, -0.2) is 5.43 Å². The van der Waals surface area contributed by atoms with Crippen LogP contribution in [0.5, 0.6) is 11.5 Å². The van der Waals surface area contributed by atoms with Crippen LogP contribution in [0.1, 0.15) is 36.2 Å². The van der Waals surface area contributed by atoms with Gasteiger partial charge in [-0.3, -0.25) is 9.78 Å². The number of hydrazone groups is 1. The van der Waals surface area contributed by atoms with Crippen molar-refractivity contribution in [2.24, 2.45) is 5.10 Å². The number of hydrogen-bond donors (Lipinski definition) is 1. The first-order chi connectivity index (χ1) is 12.2. The normalized spacial score (nSPS) is 10.7. The van der Waals surface area contributed by atoms with E-state index >= 15 is 0 Å². The molecule has 0 saturated carbocycles. The largest absolute Gasteiger partial charge is 0.490 e. The number of aromatic nitrogens is 1. The van der Waals surface area contributed by atoms with E-state index in [1.165, 1.54) is 0 Å². The lowest BCUT2D eigenvalue weighted by Gasteiger charge is -2.14. The molecule has 0 atom stereocenters. The molecule has 0 unspecified atom stereocenters. The quantitative estimate of drug-likeness (QED) is 0.535. The Morgan fingerprint density at radius 3 is 2.72 bits per heavy atom. The van der Waals surface area contributed by atoms with Crippen LogP contribution >= 0.6 is 15.9 Å². The standard InChI is InChI=1S/C18H20BrN3O3/c1-3-9-25-17-15(19)10-13(11-16(17)24-4-2)12-21-22-18(23)14-5-7-20-8-6-14/h5-8,10-12H,3-4,9H2,1-2H3,(H,22,23)/b21-12+. The molecule has 1 N–H and O–H groups in total. The van der Waals surface area contributed by atoms with E-state index in [2.05, 4.69) is 31.4 Å². The van der Waals surface area contributed by atoms with Crippen molar-refractivity contribution < 1.29 is 14.3 Å². The van der Waals surface area contributed by atoms with Gasteiger partial charge in [-0.15, -0.1) is 0 Å². The molecule has 1 amide bonds. The summed E-state index contributed by atoms with van der Waals surface area (Å²) in [6.45, 7) is 5.08. The second-order valence-electron chi connectivity index (χ2n) is 5.05. The second-order valence-corrected chi connectivity index (χ2v) is 5.90. The molecule has 1 aromatic carbocycles. The summed E-state index contributed by atoms with van der Waals surface area (Å²) in [7, 11) is 0. The van der Waals surface area contributed by atoms with Crippen molar-refractivity contribution >= 4 is 28.1 Å². The number of benzene rings is 1. The monoisotopic (exact) mass is 405 g/mol. The first kappa shape index (κ1) is 18.9. The van der Waals surface area contributed by atoms with Gasteiger partial charge in [0.25, 0.3) is 5.91 Å². The van der Waals surface area contributed by atoms with Crippen LogP contribution in [-0.2, 0) is 0 Å². The van der Waals surface area contributed by atoms with Crippen LogP contribution in [0.25, 0.3) is 0 Å². The number of nitrogens with zero attached hydrogens (tertiary/aromatic N) is 2. The average Bonchev–Trinajstić information content (AvgIpc) is 2.62. The highest BCUT2D eigenvalue weighted by molar-refractivity contribution is 9.10. The molecule has 25 heavy (non-hydrogen) atoms. The van der Waals surface area contributed by atoms with Gasteiger partial charge in [0, 0.05) is 18.0 Å². The molecule has 0 saturated heterocycles. The predicted octanol–water partition coefficient (Wildman–Crippen LogP) is 3.80. The number of nitrogens with one attached hydrogen (secondary N) is 1. The fraction of sp³-hybridized carbons (Fsp3) is 0.278. The molecule has 7 heteroatoms. The van der Waals surface area contributed by atoms with Crippen molar-refractivity contribution in [3.63, 3.8) is 0 Å². The zero-order valence-electron chi connectivity index (χ0n) is 14.2. The first-order valence-electron chi connectivity index (χ1n) is 7.98. The van der Waals surface area contributed by atoms with Crippen LogP contribution in [-0.4, -0.2) is 30.3 Å². The van der Waals surface area contributed by atoms with Crippen molar-refractivity contribution in [1.29, 1.82) is 0 Å². The number of amides is 1. The van der Waals surface area contributed by atoms with Crippen LogP contribution in [0.3, 0.4) is 0 Å². The number of carbonyl (C=O) groups is 1. The van der Waals surface area contributed by atoms with Crippen LogP contribution in [0, 0.1) is 0 Å². The molecule has 0 bridgehead atoms. The fourth-order valence-electron chi connectivity index (χ4n) is 2.00. The van der Waals surface area contributed by atoms with E-state index in [1.807, 2.05) is 26.0 Å². The van der Waals surface area contributed by atoms with Crippen molar-refractivity contribution in [3.05, 3.63) is 52.3 Å². The molecule has 1 aromatic heterocycles. The highest BCUT2D eigenvalue weighted by Crippen LogP contribution is 2.36. The molecular formula is C18H20BrN3O3. The second kappa shape index (κ2) is 9.78. The minimum atomic E-state index is -0.300. The van der Waals surface area contributed by atoms with Crippen LogP contribution in [0.15, 0.2) is 46.2 Å². The Labute approximate surface area is 155 Å². The number of pyridine rings is 1. The van der Waals surface area contributed by atoms with Gasteiger partial charge in [0.05, 0.1) is 23.9 Å². The van der Waals surface area contributed by atoms with Gasteiger partial charge in [0.2, 0.25) is 0 Å². The summed E-state index contributed by atoms with van der Waals surface area (Å²) in [6.07, 6.45) is 5.57. The third-order valence-electron chi connectivity index (χ3n) is 3.10. The Kier molecular flexibility index (Phi) is 7.40. The summed E-state index contributed by atoms with van der Waals surface area (Å²) in [6, 6.07) is 6.92. The minimum Gasteiger partial charge on any atom is -0.490 e. The fourth-order valence-corrected chi connectivity index (χ4v) is 2.58. The van der Waals surface area contributed by atoms with Gasteiger partial charge in [-0.1, -0.05) is 6.92 Å². The lowest BCUT2D eigenvalue weighted by atomic mass is 10.2. The third-order valence-corrected chi connectivity index (χ3v) is 3.69. The summed E-state index contributed by atoms with van der Waals surface area (Å²) in [4.78, 5) is 15.8. The summed E-state index contributed by atoms with van der Waals surface area (Å²) >= 11 is 3.49. The minimum absolute atomic E-state index is 0.300. The van der Waals surface area contributed by atoms with Crippen molar-refractivity contribution in [1.82, 2.24) is 10.4 Å². The van der Waals surface area contributed by atoms with E-state index < -0.39 is 0 Å². The maximum atomic E-state index is 11.9. The van der Waals surface area contributed by atoms with E-state index in [1.54, 1.807) is 30.7 Å². The highest BCUT2D eigenvalue weighted by Gasteiger charge is 2.11. The first-order valence-corrected chi connectivity index (χ1v) is 8.77. The number of halogens is 1. The summed E-state index contributed by atoms with van der Waals surface area (Å²) in [5.41, 5.74) is 3.75. The molecule has 1 heterocycles. The SMILES string of the molecule is CCCOc1c(Br)cc(/C=N/NC(=O)c2ccncc2)cc1OCC. The van der Waals surface area contributed by atoms with Gasteiger partial charge in [-0.05, 0) is 59.1 Å². The molecule has 2 rings (SSSR count). The third kappa shape index (κ3) is 5.56. The maximum Gasteiger partial charge on any atom is 0.271 e. The average molecular weight is 406 g/mol. The van der Waals surface area contributed by atoms with Crippen LogP contribution in [0.4, 0.5) is 0 Å². The number of rotatable bonds is 8. The van der Waals surface area contributed by atoms with Gasteiger partial charge < -0.3 is 9.47 Å². The predicted molar refractivity (Wildman–Crippen MR) is 100 cm³/mol. The van der Waals surface area contributed by atoms with Gasteiger partial charge in [-0.2, -0.15) is 5.10 Å². The zero-order chi connectivity index (χ0) is 18.1. The van der Waals surface area contributed by atoms with Gasteiger partial charge >= 0.3 is 0 Å². The van der Waals surface area contributed by atoms with E-state index in [-0.39, 0.29) is 5.91 Å². The topological polar surface area (TPSA) is 72.8 Å². The Balaban J connectivity index is 2.12. The molecule has 6 nitrogen and oxygen atoms in total. The summed E-state index contributed by atoms with van der Waals surface area (Å²) < 4.78 is 12.1. The Hall–Kier alpha value is -2.41. The number of carbonyl (C=O) groups excluding carboxylic acids is 1. The molecular weight excluding hydrogens is 386 g/mol. The molecule has 132 valence electrons. The maximum absolute atomic E-state index is 11.9. The zero-order valence-corrected chi connectivity index (χ0v) is 15.7. The molecule has 0 radical (unpaired) electrons. The van der Waals surface area contributed by atoms with Crippen molar-refractivity contribution in [2.45, 2.75) is 20.3 Å². The Morgan fingerprint density at radius 1 is 1.28 bits per heavy atom. The van der Waals surface area contributed by atoms with Gasteiger partial charge in [0.15, 0.2) is 11.5 Å².